The fourth-order valence-electron chi connectivity index (χ4n) is 4.05. The van der Waals surface area contributed by atoms with Crippen molar-refractivity contribution in [1.29, 1.82) is 0 Å². The minimum atomic E-state index is -0.288. The average Bonchev–Trinajstić information content (AvgIpc) is 2.58. The van der Waals surface area contributed by atoms with Gasteiger partial charge in [0.15, 0.2) is 0 Å². The van der Waals surface area contributed by atoms with Gasteiger partial charge in [0.1, 0.15) is 11.6 Å². The van der Waals surface area contributed by atoms with E-state index in [9.17, 15) is 14.0 Å². The van der Waals surface area contributed by atoms with Crippen LogP contribution in [0.3, 0.4) is 0 Å². The van der Waals surface area contributed by atoms with Crippen molar-refractivity contribution < 1.29 is 14.0 Å². The Morgan fingerprint density at radius 3 is 2.21 bits per heavy atom. The van der Waals surface area contributed by atoms with Crippen molar-refractivity contribution in [3.63, 3.8) is 0 Å². The molecule has 0 bridgehead atoms. The van der Waals surface area contributed by atoms with Gasteiger partial charge in [-0.05, 0) is 49.9 Å². The third-order valence-corrected chi connectivity index (χ3v) is 5.34. The summed E-state index contributed by atoms with van der Waals surface area (Å²) < 4.78 is 13.1. The molecule has 0 radical (unpaired) electrons. The molecule has 0 atom stereocenters. The number of amides is 1. The number of carbonyl (C=O) groups is 2. The van der Waals surface area contributed by atoms with Gasteiger partial charge in [-0.3, -0.25) is 9.59 Å². The summed E-state index contributed by atoms with van der Waals surface area (Å²) in [6.07, 6.45) is 5.19. The molecule has 130 valence electrons. The summed E-state index contributed by atoms with van der Waals surface area (Å²) in [5, 5.41) is 0. The van der Waals surface area contributed by atoms with Crippen LogP contribution in [0.15, 0.2) is 24.3 Å². The number of Topliss-reactive ketones (excluding diaryl/α,β-unsaturated/α-hetero) is 1. The van der Waals surface area contributed by atoms with Crippen LogP contribution in [0.5, 0.6) is 0 Å². The van der Waals surface area contributed by atoms with Gasteiger partial charge in [0, 0.05) is 50.6 Å². The molecule has 1 aromatic rings. The van der Waals surface area contributed by atoms with Crippen LogP contribution >= 0.6 is 0 Å². The Morgan fingerprint density at radius 2 is 1.67 bits per heavy atom. The average molecular weight is 332 g/mol. The molecule has 1 heterocycles. The van der Waals surface area contributed by atoms with Gasteiger partial charge in [0.05, 0.1) is 0 Å². The lowest BCUT2D eigenvalue weighted by atomic mass is 9.91. The highest BCUT2D eigenvalue weighted by Crippen LogP contribution is 2.28. The van der Waals surface area contributed by atoms with Gasteiger partial charge in [-0.25, -0.2) is 4.39 Å². The Balaban J connectivity index is 1.62. The lowest BCUT2D eigenvalue weighted by molar-refractivity contribution is -0.121. The second kappa shape index (κ2) is 7.43. The largest absolute Gasteiger partial charge is 0.310 e. The van der Waals surface area contributed by atoms with Crippen LogP contribution in [0.2, 0.25) is 0 Å². The maximum absolute atomic E-state index is 13.1. The van der Waals surface area contributed by atoms with E-state index < -0.39 is 0 Å². The highest BCUT2D eigenvalue weighted by atomic mass is 19.1. The number of hydrogen-bond donors (Lipinski definition) is 0. The van der Waals surface area contributed by atoms with Crippen LogP contribution in [-0.4, -0.2) is 41.8 Å². The summed E-state index contributed by atoms with van der Waals surface area (Å²) in [7, 11) is 0. The predicted octanol–water partition coefficient (Wildman–Crippen LogP) is 3.15. The number of nitrogens with zero attached hydrogens (tertiary/aromatic N) is 2. The van der Waals surface area contributed by atoms with Crippen molar-refractivity contribution in [3.05, 3.63) is 30.1 Å². The Morgan fingerprint density at radius 1 is 1.08 bits per heavy atom. The standard InChI is InChI=1S/C19H25FN2O2/c1-14(23)22(17-4-2-15(20)3-5-17)18-10-12-21(13-11-18)16-6-8-19(24)9-7-16/h2-5,16,18H,6-13H2,1H3. The van der Waals surface area contributed by atoms with Gasteiger partial charge in [0.2, 0.25) is 5.91 Å². The zero-order valence-corrected chi connectivity index (χ0v) is 14.2. The van der Waals surface area contributed by atoms with Crippen LogP contribution in [0.25, 0.3) is 0 Å². The number of anilines is 1. The summed E-state index contributed by atoms with van der Waals surface area (Å²) >= 11 is 0. The third kappa shape index (κ3) is 3.83. The van der Waals surface area contributed by atoms with Gasteiger partial charge >= 0.3 is 0 Å². The van der Waals surface area contributed by atoms with Gasteiger partial charge in [-0.1, -0.05) is 0 Å². The van der Waals surface area contributed by atoms with E-state index in [1.165, 1.54) is 12.1 Å². The molecule has 1 amide bonds. The van der Waals surface area contributed by atoms with Crippen LogP contribution in [0, 0.1) is 5.82 Å². The second-order valence-corrected chi connectivity index (χ2v) is 6.90. The Hall–Kier alpha value is -1.75. The molecule has 0 aromatic heterocycles. The van der Waals surface area contributed by atoms with E-state index in [1.807, 2.05) is 0 Å². The number of benzene rings is 1. The first kappa shape index (κ1) is 17.1. The first-order valence-corrected chi connectivity index (χ1v) is 8.85. The third-order valence-electron chi connectivity index (χ3n) is 5.34. The number of likely N-dealkylation sites (tertiary alicyclic amines) is 1. The van der Waals surface area contributed by atoms with Crippen LogP contribution in [0.1, 0.15) is 45.4 Å². The topological polar surface area (TPSA) is 40.6 Å². The Kier molecular flexibility index (Phi) is 5.29. The summed E-state index contributed by atoms with van der Waals surface area (Å²) in [6.45, 7) is 3.48. The molecule has 1 saturated heterocycles. The lowest BCUT2D eigenvalue weighted by Gasteiger charge is -2.42. The van der Waals surface area contributed by atoms with Gasteiger partial charge < -0.3 is 9.80 Å². The highest BCUT2D eigenvalue weighted by Gasteiger charge is 2.31. The molecule has 0 spiro atoms. The molecule has 2 aliphatic rings. The molecule has 0 N–H and O–H groups in total. The molecule has 4 nitrogen and oxygen atoms in total. The first-order valence-electron chi connectivity index (χ1n) is 8.85. The number of halogens is 1. The molecule has 1 aliphatic heterocycles. The number of piperidine rings is 1. The van der Waals surface area contributed by atoms with E-state index >= 15 is 0 Å². The van der Waals surface area contributed by atoms with Gasteiger partial charge in [-0.2, -0.15) is 0 Å². The fraction of sp³-hybridized carbons (Fsp3) is 0.579. The van der Waals surface area contributed by atoms with Crippen LogP contribution in [-0.2, 0) is 9.59 Å². The minimum Gasteiger partial charge on any atom is -0.310 e. The molecule has 5 heteroatoms. The van der Waals surface area contributed by atoms with Crippen molar-refractivity contribution in [2.45, 2.75) is 57.5 Å². The van der Waals surface area contributed by atoms with E-state index in [0.29, 0.717) is 24.7 Å². The van der Waals surface area contributed by atoms with Crippen molar-refractivity contribution in [2.75, 3.05) is 18.0 Å². The zero-order chi connectivity index (χ0) is 17.1. The fourth-order valence-corrected chi connectivity index (χ4v) is 4.05. The van der Waals surface area contributed by atoms with E-state index in [4.69, 9.17) is 0 Å². The minimum absolute atomic E-state index is 0.00308. The molecule has 1 aliphatic carbocycles. The van der Waals surface area contributed by atoms with Crippen LogP contribution in [0.4, 0.5) is 10.1 Å². The van der Waals surface area contributed by atoms with E-state index in [2.05, 4.69) is 4.90 Å². The SMILES string of the molecule is CC(=O)N(c1ccc(F)cc1)C1CCN(C2CCC(=O)CC2)CC1. The number of hydrogen-bond acceptors (Lipinski definition) is 3. The monoisotopic (exact) mass is 332 g/mol. The van der Waals surface area contributed by atoms with Crippen molar-refractivity contribution >= 4 is 17.4 Å². The zero-order valence-electron chi connectivity index (χ0n) is 14.2. The summed E-state index contributed by atoms with van der Waals surface area (Å²) in [5.41, 5.74) is 0.769. The molecule has 1 saturated carbocycles. The van der Waals surface area contributed by atoms with Crippen molar-refractivity contribution in [3.8, 4) is 0 Å². The lowest BCUT2D eigenvalue weighted by Crippen LogP contribution is -2.50. The highest BCUT2D eigenvalue weighted by molar-refractivity contribution is 5.92. The summed E-state index contributed by atoms with van der Waals surface area (Å²) in [6, 6.07) is 6.83. The van der Waals surface area contributed by atoms with Crippen molar-refractivity contribution in [2.24, 2.45) is 0 Å². The first-order chi connectivity index (χ1) is 11.5. The Bertz CT molecular complexity index is 584. The normalized spacial score (nSPS) is 21.0. The van der Waals surface area contributed by atoms with E-state index in [0.717, 1.165) is 44.5 Å². The molecule has 3 rings (SSSR count). The van der Waals surface area contributed by atoms with E-state index in [1.54, 1.807) is 24.0 Å². The molecule has 24 heavy (non-hydrogen) atoms. The Labute approximate surface area is 142 Å². The predicted molar refractivity (Wildman–Crippen MR) is 91.4 cm³/mol. The second-order valence-electron chi connectivity index (χ2n) is 6.90. The summed E-state index contributed by atoms with van der Waals surface area (Å²) in [5.74, 6) is 0.104. The quantitative estimate of drug-likeness (QED) is 0.854. The van der Waals surface area contributed by atoms with Gasteiger partial charge in [-0.15, -0.1) is 0 Å². The number of carbonyl (C=O) groups excluding carboxylic acids is 2. The number of ketones is 1. The van der Waals surface area contributed by atoms with Gasteiger partial charge in [0.25, 0.3) is 0 Å². The molecular formula is C19H25FN2O2. The molecule has 1 aromatic carbocycles. The maximum Gasteiger partial charge on any atom is 0.224 e. The molecular weight excluding hydrogens is 307 g/mol. The van der Waals surface area contributed by atoms with E-state index in [-0.39, 0.29) is 17.8 Å². The number of rotatable bonds is 3. The molecule has 0 unspecified atom stereocenters. The van der Waals surface area contributed by atoms with Crippen molar-refractivity contribution in [1.82, 2.24) is 4.90 Å². The molecule has 2 fully saturated rings. The smallest absolute Gasteiger partial charge is 0.224 e. The summed E-state index contributed by atoms with van der Waals surface area (Å²) in [4.78, 5) is 27.8. The maximum atomic E-state index is 13.1. The van der Waals surface area contributed by atoms with Crippen LogP contribution < -0.4 is 4.90 Å².